The molecule has 0 radical (unpaired) electrons. The number of nitrogens with zero attached hydrogens (tertiary/aromatic N) is 2. The largest absolute Gasteiger partial charge is 0.324 e. The first-order chi connectivity index (χ1) is 7.75. The third-order valence-corrected chi connectivity index (χ3v) is 3.45. The van der Waals surface area contributed by atoms with Gasteiger partial charge in [-0.3, -0.25) is 4.90 Å². The third-order valence-electron chi connectivity index (χ3n) is 3.45. The molecule has 0 spiro atoms. The minimum Gasteiger partial charge on any atom is -0.320 e. The van der Waals surface area contributed by atoms with Gasteiger partial charge in [0.25, 0.3) is 0 Å². The third kappa shape index (κ3) is 1.56. The molecule has 0 atom stereocenters. The Morgan fingerprint density at radius 1 is 1.31 bits per heavy atom. The molecule has 0 bridgehead atoms. The van der Waals surface area contributed by atoms with Crippen molar-refractivity contribution in [2.24, 2.45) is 5.92 Å². The van der Waals surface area contributed by atoms with Gasteiger partial charge in [-0.05, 0) is 30.4 Å². The lowest BCUT2D eigenvalue weighted by molar-refractivity contribution is 0.197. The summed E-state index contributed by atoms with van der Waals surface area (Å²) >= 11 is 0. The van der Waals surface area contributed by atoms with E-state index in [0.717, 1.165) is 24.7 Å². The molecule has 1 heterocycles. The lowest BCUT2D eigenvalue weighted by Gasteiger charge is -2.35. The first-order valence-electron chi connectivity index (χ1n) is 5.86. The number of amides is 2. The van der Waals surface area contributed by atoms with Crippen LogP contribution in [0.2, 0.25) is 0 Å². The number of para-hydroxylation sites is 1. The van der Waals surface area contributed by atoms with Crippen molar-refractivity contribution in [1.82, 2.24) is 4.90 Å². The fraction of sp³-hybridized carbons (Fsp3) is 0.462. The van der Waals surface area contributed by atoms with Crippen LogP contribution in [0.25, 0.3) is 0 Å². The Kier molecular flexibility index (Phi) is 2.13. The average Bonchev–Trinajstić information content (AvgIpc) is 3.10. The van der Waals surface area contributed by atoms with Crippen LogP contribution in [-0.4, -0.2) is 24.5 Å². The number of rotatable bonds is 2. The van der Waals surface area contributed by atoms with Crippen molar-refractivity contribution in [2.75, 3.05) is 18.5 Å². The Morgan fingerprint density at radius 2 is 2.06 bits per heavy atom. The molecule has 0 saturated heterocycles. The van der Waals surface area contributed by atoms with Crippen molar-refractivity contribution in [1.29, 1.82) is 0 Å². The Balaban J connectivity index is 1.88. The zero-order chi connectivity index (χ0) is 11.1. The monoisotopic (exact) mass is 216 g/mol. The van der Waals surface area contributed by atoms with Crippen LogP contribution >= 0.6 is 0 Å². The molecule has 3 heteroatoms. The van der Waals surface area contributed by atoms with Crippen molar-refractivity contribution in [2.45, 2.75) is 19.4 Å². The first-order valence-corrected chi connectivity index (χ1v) is 5.86. The lowest BCUT2D eigenvalue weighted by atomic mass is 10.1. The highest BCUT2D eigenvalue weighted by atomic mass is 16.2. The van der Waals surface area contributed by atoms with Crippen molar-refractivity contribution in [3.05, 3.63) is 29.8 Å². The second kappa shape index (κ2) is 3.51. The van der Waals surface area contributed by atoms with E-state index in [1.807, 2.05) is 30.1 Å². The van der Waals surface area contributed by atoms with E-state index in [-0.39, 0.29) is 6.03 Å². The van der Waals surface area contributed by atoms with E-state index in [9.17, 15) is 4.79 Å². The summed E-state index contributed by atoms with van der Waals surface area (Å²) in [5.41, 5.74) is 2.31. The molecular formula is C13H16N2O. The van der Waals surface area contributed by atoms with Crippen LogP contribution in [0.5, 0.6) is 0 Å². The van der Waals surface area contributed by atoms with Gasteiger partial charge in [0.2, 0.25) is 0 Å². The minimum absolute atomic E-state index is 0.144. The van der Waals surface area contributed by atoms with Crippen molar-refractivity contribution < 1.29 is 4.79 Å². The fourth-order valence-corrected chi connectivity index (χ4v) is 2.31. The number of hydrogen-bond acceptors (Lipinski definition) is 1. The molecule has 3 nitrogen and oxygen atoms in total. The number of fused-ring (bicyclic) bond motifs is 1. The average molecular weight is 216 g/mol. The molecule has 2 amide bonds. The number of carbonyl (C=O) groups is 1. The van der Waals surface area contributed by atoms with Crippen LogP contribution < -0.4 is 4.90 Å². The van der Waals surface area contributed by atoms with Gasteiger partial charge in [0.15, 0.2) is 0 Å². The molecule has 16 heavy (non-hydrogen) atoms. The van der Waals surface area contributed by atoms with E-state index in [1.165, 1.54) is 18.4 Å². The zero-order valence-electron chi connectivity index (χ0n) is 9.52. The molecule has 1 aliphatic carbocycles. The number of benzene rings is 1. The van der Waals surface area contributed by atoms with Crippen LogP contribution in [0.4, 0.5) is 10.5 Å². The molecule has 0 unspecified atom stereocenters. The molecule has 0 aromatic heterocycles. The van der Waals surface area contributed by atoms with Gasteiger partial charge in [0, 0.05) is 20.1 Å². The zero-order valence-corrected chi connectivity index (χ0v) is 9.52. The lowest BCUT2D eigenvalue weighted by Crippen LogP contribution is -2.45. The van der Waals surface area contributed by atoms with Crippen LogP contribution in [-0.2, 0) is 6.54 Å². The molecule has 3 rings (SSSR count). The van der Waals surface area contributed by atoms with Crippen LogP contribution in [0.1, 0.15) is 18.4 Å². The van der Waals surface area contributed by atoms with Gasteiger partial charge >= 0.3 is 6.03 Å². The molecule has 1 aromatic rings. The molecular weight excluding hydrogens is 200 g/mol. The van der Waals surface area contributed by atoms with Crippen LogP contribution in [0, 0.1) is 5.92 Å². The van der Waals surface area contributed by atoms with E-state index in [2.05, 4.69) is 6.07 Å². The highest BCUT2D eigenvalue weighted by Gasteiger charge is 2.32. The van der Waals surface area contributed by atoms with E-state index in [1.54, 1.807) is 4.90 Å². The Hall–Kier alpha value is -1.51. The summed E-state index contributed by atoms with van der Waals surface area (Å²) in [6.07, 6.45) is 2.57. The maximum atomic E-state index is 12.1. The van der Waals surface area contributed by atoms with E-state index < -0.39 is 0 Å². The standard InChI is InChI=1S/C13H16N2O/c1-14-12-5-3-2-4-11(12)9-15(13(14)16)8-10-6-7-10/h2-5,10H,6-9H2,1H3. The van der Waals surface area contributed by atoms with Crippen LogP contribution in [0.3, 0.4) is 0 Å². The number of carbonyl (C=O) groups excluding carboxylic acids is 1. The summed E-state index contributed by atoms with van der Waals surface area (Å²) in [4.78, 5) is 15.8. The van der Waals surface area contributed by atoms with E-state index >= 15 is 0 Å². The summed E-state index contributed by atoms with van der Waals surface area (Å²) in [6, 6.07) is 8.29. The second-order valence-corrected chi connectivity index (χ2v) is 4.79. The summed E-state index contributed by atoms with van der Waals surface area (Å²) < 4.78 is 0. The Morgan fingerprint density at radius 3 is 2.81 bits per heavy atom. The number of anilines is 1. The quantitative estimate of drug-likeness (QED) is 0.745. The molecule has 1 aromatic carbocycles. The topological polar surface area (TPSA) is 23.6 Å². The maximum absolute atomic E-state index is 12.1. The van der Waals surface area contributed by atoms with Gasteiger partial charge in [0.1, 0.15) is 0 Å². The van der Waals surface area contributed by atoms with Crippen molar-refractivity contribution in [3.63, 3.8) is 0 Å². The Bertz CT molecular complexity index is 426. The maximum Gasteiger partial charge on any atom is 0.324 e. The van der Waals surface area contributed by atoms with Crippen molar-refractivity contribution >= 4 is 11.7 Å². The van der Waals surface area contributed by atoms with Gasteiger partial charge in [-0.2, -0.15) is 0 Å². The minimum atomic E-state index is 0.144. The number of hydrogen-bond donors (Lipinski definition) is 0. The second-order valence-electron chi connectivity index (χ2n) is 4.79. The van der Waals surface area contributed by atoms with Gasteiger partial charge in [-0.25, -0.2) is 4.79 Å². The molecule has 1 saturated carbocycles. The van der Waals surface area contributed by atoms with Crippen molar-refractivity contribution in [3.8, 4) is 0 Å². The predicted molar refractivity (Wildman–Crippen MR) is 63.4 cm³/mol. The fourth-order valence-electron chi connectivity index (χ4n) is 2.31. The predicted octanol–water partition coefficient (Wildman–Crippen LogP) is 2.47. The normalized spacial score (nSPS) is 19.9. The Labute approximate surface area is 95.7 Å². The first kappa shape index (κ1) is 9.70. The van der Waals surface area contributed by atoms with E-state index in [0.29, 0.717) is 0 Å². The molecule has 84 valence electrons. The highest BCUT2D eigenvalue weighted by Crippen LogP contribution is 2.33. The molecule has 1 aliphatic heterocycles. The van der Waals surface area contributed by atoms with Gasteiger partial charge in [0.05, 0.1) is 5.69 Å². The number of urea groups is 1. The van der Waals surface area contributed by atoms with Gasteiger partial charge in [-0.1, -0.05) is 18.2 Å². The van der Waals surface area contributed by atoms with Gasteiger partial charge < -0.3 is 4.90 Å². The summed E-state index contributed by atoms with van der Waals surface area (Å²) in [6.45, 7) is 1.70. The summed E-state index contributed by atoms with van der Waals surface area (Å²) in [7, 11) is 1.86. The van der Waals surface area contributed by atoms with Gasteiger partial charge in [-0.15, -0.1) is 0 Å². The molecule has 2 aliphatic rings. The van der Waals surface area contributed by atoms with Crippen LogP contribution in [0.15, 0.2) is 24.3 Å². The summed E-state index contributed by atoms with van der Waals surface area (Å²) in [5, 5.41) is 0. The SMILES string of the molecule is CN1C(=O)N(CC2CC2)Cc2ccccc21. The molecule has 0 N–H and O–H groups in total. The smallest absolute Gasteiger partial charge is 0.320 e. The van der Waals surface area contributed by atoms with E-state index in [4.69, 9.17) is 0 Å². The molecule has 1 fully saturated rings. The summed E-state index contributed by atoms with van der Waals surface area (Å²) in [5.74, 6) is 0.752. The highest BCUT2D eigenvalue weighted by molar-refractivity contribution is 5.94.